The third kappa shape index (κ3) is 27.5. The van der Waals surface area contributed by atoms with Crippen LogP contribution in [0.15, 0.2) is 0 Å². The molecule has 4 fully saturated rings. The van der Waals surface area contributed by atoms with Gasteiger partial charge in [0.1, 0.15) is 26.4 Å². The van der Waals surface area contributed by atoms with Gasteiger partial charge in [-0.3, -0.25) is 33.6 Å². The number of carbonyl (C=O) groups excluding carboxylic acids is 7. The van der Waals surface area contributed by atoms with E-state index < -0.39 is 24.1 Å². The lowest BCUT2D eigenvalue weighted by Gasteiger charge is -2.25. The molecule has 76 heavy (non-hydrogen) atoms. The van der Waals surface area contributed by atoms with Gasteiger partial charge in [-0.05, 0) is 89.3 Å². The number of ether oxygens (including phenoxy) is 6. The zero-order valence-corrected chi connectivity index (χ0v) is 48.9. The minimum absolute atomic E-state index is 0.0522. The molecule has 0 aromatic heterocycles. The summed E-state index contributed by atoms with van der Waals surface area (Å²) in [7, 11) is 3.95. The van der Waals surface area contributed by atoms with Crippen molar-refractivity contribution in [2.45, 2.75) is 226 Å². The van der Waals surface area contributed by atoms with E-state index in [1.165, 1.54) is 88.8 Å². The summed E-state index contributed by atoms with van der Waals surface area (Å²) < 4.78 is 34.5. The van der Waals surface area contributed by atoms with E-state index in [4.69, 9.17) is 28.4 Å². The summed E-state index contributed by atoms with van der Waals surface area (Å²) in [6.07, 6.45) is 25.4. The lowest BCUT2D eigenvalue weighted by Crippen LogP contribution is -2.34. The Kier molecular flexibility index (Phi) is 32.1. The van der Waals surface area contributed by atoms with Gasteiger partial charge in [-0.2, -0.15) is 0 Å². The Labute approximate surface area is 462 Å². The summed E-state index contributed by atoms with van der Waals surface area (Å²) in [4.78, 5) is 97.0. The number of amides is 1. The first-order valence-electron chi connectivity index (χ1n) is 30.2. The maximum atomic E-state index is 13.7. The fourth-order valence-electron chi connectivity index (χ4n) is 11.8. The lowest BCUT2D eigenvalue weighted by molar-refractivity contribution is -0.169. The molecule has 0 radical (unpaired) electrons. The molecule has 0 aliphatic heterocycles. The van der Waals surface area contributed by atoms with Crippen LogP contribution in [-0.2, 0) is 57.2 Å². The zero-order chi connectivity index (χ0) is 55.1. The van der Waals surface area contributed by atoms with Crippen molar-refractivity contribution in [3.8, 4) is 0 Å². The molecule has 16 heteroatoms. The number of thioether (sulfide) groups is 1. The Balaban J connectivity index is 1.33. The van der Waals surface area contributed by atoms with Crippen molar-refractivity contribution < 1.29 is 62.0 Å². The Morgan fingerprint density at radius 1 is 0.421 bits per heavy atom. The predicted molar refractivity (Wildman–Crippen MR) is 296 cm³/mol. The summed E-state index contributed by atoms with van der Waals surface area (Å²) in [6, 6.07) is 0. The molecule has 1 amide bonds. The molecule has 0 saturated heterocycles. The molecule has 0 bridgehead atoms. The van der Waals surface area contributed by atoms with Crippen molar-refractivity contribution in [2.24, 2.45) is 47.3 Å². The van der Waals surface area contributed by atoms with Gasteiger partial charge in [0, 0.05) is 31.7 Å². The van der Waals surface area contributed by atoms with E-state index >= 15 is 0 Å². The molecule has 4 rings (SSSR count). The maximum absolute atomic E-state index is 13.7. The second kappa shape index (κ2) is 37.5. The topological polar surface area (TPSA) is 181 Å². The van der Waals surface area contributed by atoms with Crippen LogP contribution in [-0.4, -0.2) is 129 Å². The average molecular weight is 1090 g/mol. The van der Waals surface area contributed by atoms with Crippen molar-refractivity contribution >= 4 is 52.8 Å². The number of nitrogens with zero attached hydrogens (tertiary/aromatic N) is 2. The van der Waals surface area contributed by atoms with E-state index in [2.05, 4.69) is 4.90 Å². The first-order valence-corrected chi connectivity index (χ1v) is 31.2. The summed E-state index contributed by atoms with van der Waals surface area (Å²) in [5.41, 5.74) is 0. The molecule has 4 saturated carbocycles. The highest BCUT2D eigenvalue weighted by molar-refractivity contribution is 8.13. The summed E-state index contributed by atoms with van der Waals surface area (Å²) in [6.45, 7) is 7.77. The molecule has 0 spiro atoms. The third-order valence-corrected chi connectivity index (χ3v) is 17.3. The fraction of sp³-hybridized carbons (Fsp3) is 0.883. The van der Waals surface area contributed by atoms with E-state index in [1.807, 2.05) is 41.8 Å². The molecule has 0 N–H and O–H groups in total. The first kappa shape index (κ1) is 65.1. The minimum atomic E-state index is -0.995. The van der Waals surface area contributed by atoms with Gasteiger partial charge < -0.3 is 38.2 Å². The Morgan fingerprint density at radius 3 is 0.987 bits per heavy atom. The van der Waals surface area contributed by atoms with Gasteiger partial charge in [0.05, 0.1) is 23.7 Å². The van der Waals surface area contributed by atoms with E-state index in [1.54, 1.807) is 4.90 Å². The van der Waals surface area contributed by atoms with Gasteiger partial charge in [0.25, 0.3) is 5.24 Å². The van der Waals surface area contributed by atoms with Gasteiger partial charge in [-0.15, -0.1) is 0 Å². The van der Waals surface area contributed by atoms with Gasteiger partial charge in [-0.1, -0.05) is 168 Å². The molecule has 15 nitrogen and oxygen atoms in total. The quantitative estimate of drug-likeness (QED) is 0.0337. The molecule has 0 aromatic rings. The van der Waals surface area contributed by atoms with Crippen molar-refractivity contribution in [2.75, 3.05) is 65.9 Å². The highest BCUT2D eigenvalue weighted by Gasteiger charge is 2.30. The molecule has 0 heterocycles. The standard InChI is InChI=1S/C60H102N2O13S/c1-44(36-48-22-11-7-12-23-48)56(65)70-40-52(41-71-57(66)45(2)37-49-24-13-8-14-25-49)74-54(63)30-19-33-62(60(69)76-35-21-32-61(5)6)34-20-31-55(64)75-53(42-72-58(67)46(3)38-50-26-15-9-16-27-50)43-73-59(68)47(4)39-51-28-17-10-18-29-51/h44-53H,7-43H2,1-6H3. The highest BCUT2D eigenvalue weighted by atomic mass is 32.2. The summed E-state index contributed by atoms with van der Waals surface area (Å²) in [5, 5.41) is -0.178. The molecular weight excluding hydrogens is 989 g/mol. The predicted octanol–water partition coefficient (Wildman–Crippen LogP) is 12.1. The van der Waals surface area contributed by atoms with Crippen LogP contribution in [0.5, 0.6) is 0 Å². The molecule has 4 atom stereocenters. The van der Waals surface area contributed by atoms with E-state index in [0.29, 0.717) is 29.4 Å². The molecular formula is C60H102N2O13S. The monoisotopic (exact) mass is 1090 g/mol. The van der Waals surface area contributed by atoms with E-state index in [9.17, 15) is 33.6 Å². The molecule has 4 unspecified atom stereocenters. The molecule has 436 valence electrons. The fourth-order valence-corrected chi connectivity index (χ4v) is 12.6. The Bertz CT molecular complexity index is 1520. The SMILES string of the molecule is CC(CC1CCCCC1)C(=O)OCC(COC(=O)C(C)CC1CCCCC1)OC(=O)CCCN(CCCC(=O)OC(COC(=O)C(C)CC1CCCCC1)COC(=O)C(C)CC1CCCCC1)C(=O)SCCCN(C)C. The van der Waals surface area contributed by atoms with Crippen LogP contribution >= 0.6 is 11.8 Å². The van der Waals surface area contributed by atoms with Crippen LogP contribution in [0, 0.1) is 47.3 Å². The van der Waals surface area contributed by atoms with E-state index in [0.717, 1.165) is 90.0 Å². The van der Waals surface area contributed by atoms with Gasteiger partial charge in [-0.25, -0.2) is 0 Å². The van der Waals surface area contributed by atoms with Crippen molar-refractivity contribution in [3.63, 3.8) is 0 Å². The summed E-state index contributed by atoms with van der Waals surface area (Å²) in [5.74, 6) is -1.32. The van der Waals surface area contributed by atoms with E-state index in [-0.39, 0.29) is 118 Å². The van der Waals surface area contributed by atoms with Gasteiger partial charge >= 0.3 is 35.8 Å². The number of carbonyl (C=O) groups is 7. The zero-order valence-electron chi connectivity index (χ0n) is 48.0. The van der Waals surface area contributed by atoms with Crippen LogP contribution < -0.4 is 0 Å². The second-order valence-corrected chi connectivity index (χ2v) is 24.8. The maximum Gasteiger partial charge on any atom is 0.308 e. The van der Waals surface area contributed by atoms with Crippen LogP contribution in [0.1, 0.15) is 214 Å². The van der Waals surface area contributed by atoms with Crippen molar-refractivity contribution in [1.82, 2.24) is 9.80 Å². The smallest absolute Gasteiger partial charge is 0.308 e. The lowest BCUT2D eigenvalue weighted by atomic mass is 9.83. The number of esters is 6. The Morgan fingerprint density at radius 2 is 0.711 bits per heavy atom. The molecule has 0 aromatic carbocycles. The van der Waals surface area contributed by atoms with Gasteiger partial charge in [0.15, 0.2) is 12.2 Å². The molecule has 4 aliphatic rings. The highest BCUT2D eigenvalue weighted by Crippen LogP contribution is 2.33. The number of hydrogen-bond donors (Lipinski definition) is 0. The van der Waals surface area contributed by atoms with Crippen LogP contribution in [0.25, 0.3) is 0 Å². The molecule has 4 aliphatic carbocycles. The van der Waals surface area contributed by atoms with Crippen molar-refractivity contribution in [3.05, 3.63) is 0 Å². The normalized spacial score (nSPS) is 19.6. The largest absolute Gasteiger partial charge is 0.461 e. The van der Waals surface area contributed by atoms with Gasteiger partial charge in [0.2, 0.25) is 0 Å². The first-order chi connectivity index (χ1) is 36.6. The van der Waals surface area contributed by atoms with Crippen LogP contribution in [0.3, 0.4) is 0 Å². The van der Waals surface area contributed by atoms with Crippen LogP contribution in [0.4, 0.5) is 4.79 Å². The van der Waals surface area contributed by atoms with Crippen LogP contribution in [0.2, 0.25) is 0 Å². The minimum Gasteiger partial charge on any atom is -0.461 e. The summed E-state index contributed by atoms with van der Waals surface area (Å²) >= 11 is 1.19. The average Bonchev–Trinajstić information content (AvgIpc) is 3.41. The van der Waals surface area contributed by atoms with Crippen molar-refractivity contribution in [1.29, 1.82) is 0 Å². The number of hydrogen-bond acceptors (Lipinski definition) is 15. The number of rotatable bonds is 34. The second-order valence-electron chi connectivity index (χ2n) is 23.8. The third-order valence-electron chi connectivity index (χ3n) is 16.3. The Hall–Kier alpha value is -3.40.